The lowest BCUT2D eigenvalue weighted by Crippen LogP contribution is -2.49. The van der Waals surface area contributed by atoms with Gasteiger partial charge in [-0.2, -0.15) is 0 Å². The van der Waals surface area contributed by atoms with Crippen LogP contribution in [0.3, 0.4) is 0 Å². The summed E-state index contributed by atoms with van der Waals surface area (Å²) in [5, 5.41) is 8.83. The molecule has 1 heterocycles. The second-order valence-electron chi connectivity index (χ2n) is 4.68. The predicted octanol–water partition coefficient (Wildman–Crippen LogP) is 0.114. The Bertz CT molecular complexity index is 302. The largest absolute Gasteiger partial charge is 0.479 e. The zero-order chi connectivity index (χ0) is 13.1. The molecule has 1 rings (SSSR count). The number of aliphatic carboxylic acids is 1. The van der Waals surface area contributed by atoms with E-state index >= 15 is 0 Å². The Morgan fingerprint density at radius 1 is 1.53 bits per heavy atom. The van der Waals surface area contributed by atoms with Gasteiger partial charge in [-0.25, -0.2) is 4.79 Å². The number of carboxylic acids is 1. The molecule has 0 aromatic heterocycles. The standard InChI is InChI=1S/C11H19NO5/c1-11(2,16-3)6-9(13)12-4-5-17-8(7-12)10(14)15/h8H,4-7H2,1-3H3,(H,14,15). The van der Waals surface area contributed by atoms with Crippen molar-refractivity contribution in [2.75, 3.05) is 26.8 Å². The summed E-state index contributed by atoms with van der Waals surface area (Å²) in [5.41, 5.74) is -0.534. The molecular formula is C11H19NO5. The minimum atomic E-state index is -1.03. The van der Waals surface area contributed by atoms with Crippen molar-refractivity contribution >= 4 is 11.9 Å². The fourth-order valence-corrected chi connectivity index (χ4v) is 1.57. The highest BCUT2D eigenvalue weighted by Crippen LogP contribution is 2.16. The number of carbonyl (C=O) groups excluding carboxylic acids is 1. The maximum absolute atomic E-state index is 11.9. The highest BCUT2D eigenvalue weighted by Gasteiger charge is 2.31. The maximum atomic E-state index is 11.9. The van der Waals surface area contributed by atoms with Gasteiger partial charge in [0.15, 0.2) is 6.10 Å². The molecule has 0 radical (unpaired) electrons. The fraction of sp³-hybridized carbons (Fsp3) is 0.818. The van der Waals surface area contributed by atoms with Crippen LogP contribution in [-0.4, -0.2) is 60.4 Å². The van der Waals surface area contributed by atoms with Crippen LogP contribution in [0.4, 0.5) is 0 Å². The second kappa shape index (κ2) is 5.46. The average Bonchev–Trinajstić information content (AvgIpc) is 2.28. The van der Waals surface area contributed by atoms with Crippen molar-refractivity contribution < 1.29 is 24.2 Å². The SMILES string of the molecule is COC(C)(C)CC(=O)N1CCOC(C(=O)O)C1. The lowest BCUT2D eigenvalue weighted by molar-refractivity contribution is -0.160. The van der Waals surface area contributed by atoms with Crippen molar-refractivity contribution in [1.29, 1.82) is 0 Å². The Balaban J connectivity index is 2.55. The Hall–Kier alpha value is -1.14. The molecule has 1 amide bonds. The number of morpholine rings is 1. The summed E-state index contributed by atoms with van der Waals surface area (Å²) in [6.07, 6.45) is -0.686. The van der Waals surface area contributed by atoms with Gasteiger partial charge in [0, 0.05) is 13.7 Å². The van der Waals surface area contributed by atoms with E-state index < -0.39 is 17.7 Å². The van der Waals surface area contributed by atoms with E-state index in [1.165, 1.54) is 4.90 Å². The summed E-state index contributed by atoms with van der Waals surface area (Å²) in [4.78, 5) is 24.2. The third-order valence-electron chi connectivity index (χ3n) is 2.82. The van der Waals surface area contributed by atoms with Gasteiger partial charge in [0.2, 0.25) is 5.91 Å². The Morgan fingerprint density at radius 2 is 2.18 bits per heavy atom. The molecule has 1 saturated heterocycles. The number of carboxylic acid groups (broad SMARTS) is 1. The summed E-state index contributed by atoms with van der Waals surface area (Å²) in [5.74, 6) is -1.14. The number of ether oxygens (including phenoxy) is 2. The summed E-state index contributed by atoms with van der Waals surface area (Å²) in [7, 11) is 1.55. The van der Waals surface area contributed by atoms with Crippen molar-refractivity contribution in [3.63, 3.8) is 0 Å². The first kappa shape index (κ1) is 13.9. The Morgan fingerprint density at radius 3 is 2.71 bits per heavy atom. The van der Waals surface area contributed by atoms with Crippen LogP contribution >= 0.6 is 0 Å². The van der Waals surface area contributed by atoms with Crippen molar-refractivity contribution in [2.24, 2.45) is 0 Å². The number of carbonyl (C=O) groups is 2. The minimum absolute atomic E-state index is 0.105. The molecule has 0 aromatic carbocycles. The molecule has 1 aliphatic rings. The van der Waals surface area contributed by atoms with Crippen molar-refractivity contribution in [2.45, 2.75) is 32.0 Å². The Kier molecular flexibility index (Phi) is 4.47. The first-order valence-corrected chi connectivity index (χ1v) is 5.53. The predicted molar refractivity (Wildman–Crippen MR) is 59.7 cm³/mol. The lowest BCUT2D eigenvalue weighted by atomic mass is 10.0. The topological polar surface area (TPSA) is 76.1 Å². The van der Waals surface area contributed by atoms with Crippen molar-refractivity contribution in [3.8, 4) is 0 Å². The maximum Gasteiger partial charge on any atom is 0.334 e. The van der Waals surface area contributed by atoms with Crippen molar-refractivity contribution in [3.05, 3.63) is 0 Å². The summed E-state index contributed by atoms with van der Waals surface area (Å²) in [6.45, 7) is 4.44. The van der Waals surface area contributed by atoms with Crippen LogP contribution in [0.2, 0.25) is 0 Å². The third-order valence-corrected chi connectivity index (χ3v) is 2.82. The summed E-state index contributed by atoms with van der Waals surface area (Å²) in [6, 6.07) is 0. The zero-order valence-electron chi connectivity index (χ0n) is 10.4. The molecule has 0 saturated carbocycles. The molecule has 0 bridgehead atoms. The number of amides is 1. The molecule has 6 nitrogen and oxygen atoms in total. The molecule has 6 heteroatoms. The minimum Gasteiger partial charge on any atom is -0.479 e. The normalized spacial score (nSPS) is 21.4. The molecule has 1 unspecified atom stereocenters. The van der Waals surface area contributed by atoms with E-state index in [0.29, 0.717) is 6.54 Å². The number of methoxy groups -OCH3 is 1. The molecule has 1 N–H and O–H groups in total. The highest BCUT2D eigenvalue weighted by atomic mass is 16.5. The lowest BCUT2D eigenvalue weighted by Gasteiger charge is -2.33. The summed E-state index contributed by atoms with van der Waals surface area (Å²) < 4.78 is 10.2. The second-order valence-corrected chi connectivity index (χ2v) is 4.68. The number of nitrogens with zero attached hydrogens (tertiary/aromatic N) is 1. The Labute approximate surface area is 100 Å². The van der Waals surface area contributed by atoms with Crippen LogP contribution in [-0.2, 0) is 19.1 Å². The van der Waals surface area contributed by atoms with Crippen LogP contribution in [0.5, 0.6) is 0 Å². The average molecular weight is 245 g/mol. The van der Waals surface area contributed by atoms with Crippen LogP contribution in [0, 0.1) is 0 Å². The monoisotopic (exact) mass is 245 g/mol. The van der Waals surface area contributed by atoms with Gasteiger partial charge in [-0.1, -0.05) is 0 Å². The van der Waals surface area contributed by atoms with Crippen LogP contribution in [0.15, 0.2) is 0 Å². The van der Waals surface area contributed by atoms with Gasteiger partial charge in [0.25, 0.3) is 0 Å². The fourth-order valence-electron chi connectivity index (χ4n) is 1.57. The summed E-state index contributed by atoms with van der Waals surface area (Å²) >= 11 is 0. The molecular weight excluding hydrogens is 226 g/mol. The van der Waals surface area contributed by atoms with E-state index in [0.717, 1.165) is 0 Å². The van der Waals surface area contributed by atoms with Gasteiger partial charge in [-0.3, -0.25) is 4.79 Å². The van der Waals surface area contributed by atoms with Gasteiger partial charge < -0.3 is 19.5 Å². The van der Waals surface area contributed by atoms with Gasteiger partial charge in [-0.05, 0) is 13.8 Å². The number of hydrogen-bond acceptors (Lipinski definition) is 4. The van der Waals surface area contributed by atoms with E-state index in [4.69, 9.17) is 14.6 Å². The van der Waals surface area contributed by atoms with E-state index in [2.05, 4.69) is 0 Å². The van der Waals surface area contributed by atoms with Gasteiger partial charge >= 0.3 is 5.97 Å². The molecule has 0 aliphatic carbocycles. The van der Waals surface area contributed by atoms with E-state index in [1.807, 2.05) is 13.8 Å². The van der Waals surface area contributed by atoms with Crippen LogP contribution in [0.25, 0.3) is 0 Å². The van der Waals surface area contributed by atoms with E-state index in [1.54, 1.807) is 7.11 Å². The molecule has 1 fully saturated rings. The third kappa shape index (κ3) is 3.98. The van der Waals surface area contributed by atoms with Gasteiger partial charge in [-0.15, -0.1) is 0 Å². The first-order chi connectivity index (χ1) is 7.85. The molecule has 1 aliphatic heterocycles. The van der Waals surface area contributed by atoms with E-state index in [-0.39, 0.29) is 25.5 Å². The molecule has 17 heavy (non-hydrogen) atoms. The van der Waals surface area contributed by atoms with E-state index in [9.17, 15) is 9.59 Å². The van der Waals surface area contributed by atoms with Crippen LogP contribution < -0.4 is 0 Å². The van der Waals surface area contributed by atoms with Crippen molar-refractivity contribution in [1.82, 2.24) is 4.90 Å². The molecule has 0 spiro atoms. The van der Waals surface area contributed by atoms with Gasteiger partial charge in [0.05, 0.1) is 25.2 Å². The zero-order valence-corrected chi connectivity index (χ0v) is 10.4. The van der Waals surface area contributed by atoms with Gasteiger partial charge in [0.1, 0.15) is 0 Å². The number of rotatable bonds is 4. The highest BCUT2D eigenvalue weighted by molar-refractivity contribution is 5.79. The molecule has 1 atom stereocenters. The smallest absolute Gasteiger partial charge is 0.334 e. The quantitative estimate of drug-likeness (QED) is 0.761. The van der Waals surface area contributed by atoms with Crippen LogP contribution in [0.1, 0.15) is 20.3 Å². The first-order valence-electron chi connectivity index (χ1n) is 5.53. The molecule has 98 valence electrons. The molecule has 0 aromatic rings. The number of hydrogen-bond donors (Lipinski definition) is 1.